The number of nitrogens with one attached hydrogen (secondary N) is 1. The normalized spacial score (nSPS) is 14.5. The van der Waals surface area contributed by atoms with Gasteiger partial charge in [0.05, 0.1) is 6.04 Å². The van der Waals surface area contributed by atoms with E-state index < -0.39 is 18.1 Å². The van der Waals surface area contributed by atoms with E-state index in [-0.39, 0.29) is 0 Å². The van der Waals surface area contributed by atoms with Gasteiger partial charge in [-0.3, -0.25) is 4.79 Å². The summed E-state index contributed by atoms with van der Waals surface area (Å²) in [6.07, 6.45) is 0. The molecule has 2 atom stereocenters. The molecular formula is C12H18N2O2. The minimum absolute atomic E-state index is 0.540. The molecule has 16 heavy (non-hydrogen) atoms. The lowest BCUT2D eigenvalue weighted by Crippen LogP contribution is -2.43. The van der Waals surface area contributed by atoms with E-state index in [2.05, 4.69) is 5.32 Å². The van der Waals surface area contributed by atoms with Crippen molar-refractivity contribution in [1.82, 2.24) is 5.32 Å². The summed E-state index contributed by atoms with van der Waals surface area (Å²) in [4.78, 5) is 11.0. The monoisotopic (exact) mass is 222 g/mol. The molecule has 4 N–H and O–H groups in total. The Bertz CT molecular complexity index is 391. The minimum atomic E-state index is -0.937. The summed E-state index contributed by atoms with van der Waals surface area (Å²) in [7, 11) is 1.60. The van der Waals surface area contributed by atoms with E-state index in [1.165, 1.54) is 5.56 Å². The molecule has 0 radical (unpaired) electrons. The maximum Gasteiger partial charge on any atom is 0.322 e. The van der Waals surface area contributed by atoms with Crippen LogP contribution in [0.5, 0.6) is 0 Å². The van der Waals surface area contributed by atoms with Crippen molar-refractivity contribution in [2.45, 2.75) is 25.9 Å². The van der Waals surface area contributed by atoms with Crippen molar-refractivity contribution >= 4 is 5.97 Å². The molecule has 0 aliphatic heterocycles. The summed E-state index contributed by atoms with van der Waals surface area (Å²) in [5.74, 6) is -0.937. The molecule has 1 rings (SSSR count). The van der Waals surface area contributed by atoms with Gasteiger partial charge >= 0.3 is 5.97 Å². The fourth-order valence-corrected chi connectivity index (χ4v) is 1.62. The Hall–Kier alpha value is -1.39. The second-order valence-corrected chi connectivity index (χ2v) is 3.97. The van der Waals surface area contributed by atoms with Crippen LogP contribution in [0.3, 0.4) is 0 Å². The summed E-state index contributed by atoms with van der Waals surface area (Å²) in [6.45, 7) is 4.00. The van der Waals surface area contributed by atoms with E-state index in [1.54, 1.807) is 7.05 Å². The number of hydrogen-bond donors (Lipinski definition) is 3. The molecule has 0 amide bonds. The average molecular weight is 222 g/mol. The number of likely N-dealkylation sites (N-methyl/N-ethyl adjacent to an activating group) is 1. The fourth-order valence-electron chi connectivity index (χ4n) is 1.62. The topological polar surface area (TPSA) is 75.3 Å². The summed E-state index contributed by atoms with van der Waals surface area (Å²) in [5.41, 5.74) is 9.06. The van der Waals surface area contributed by atoms with Crippen LogP contribution in [0.25, 0.3) is 0 Å². The van der Waals surface area contributed by atoms with Crippen molar-refractivity contribution in [1.29, 1.82) is 0 Å². The third-order valence-electron chi connectivity index (χ3n) is 2.85. The van der Waals surface area contributed by atoms with Crippen LogP contribution >= 0.6 is 0 Å². The smallest absolute Gasteiger partial charge is 0.322 e. The zero-order chi connectivity index (χ0) is 12.3. The Morgan fingerprint density at radius 2 is 2.00 bits per heavy atom. The molecule has 4 heteroatoms. The first-order chi connectivity index (χ1) is 7.47. The molecule has 0 fully saturated rings. The maximum absolute atomic E-state index is 11.0. The van der Waals surface area contributed by atoms with Crippen LogP contribution in [0, 0.1) is 13.8 Å². The lowest BCUT2D eigenvalue weighted by molar-refractivity contribution is -0.139. The molecule has 88 valence electrons. The zero-order valence-electron chi connectivity index (χ0n) is 9.82. The minimum Gasteiger partial charge on any atom is -0.480 e. The number of carbonyl (C=O) groups is 1. The van der Waals surface area contributed by atoms with E-state index in [0.29, 0.717) is 0 Å². The standard InChI is InChI=1S/C12H18N2O2/c1-7-4-5-9(6-8(7)2)10(13)11(14-3)12(15)16/h4-6,10-11,14H,13H2,1-3H3,(H,15,16). The highest BCUT2D eigenvalue weighted by Crippen LogP contribution is 2.18. The Morgan fingerprint density at radius 1 is 1.38 bits per heavy atom. The molecular weight excluding hydrogens is 204 g/mol. The number of carboxylic acid groups (broad SMARTS) is 1. The molecule has 2 unspecified atom stereocenters. The number of benzene rings is 1. The first-order valence-electron chi connectivity index (χ1n) is 5.20. The Balaban J connectivity index is 2.99. The molecule has 0 saturated carbocycles. The second kappa shape index (κ2) is 5.09. The molecule has 1 aromatic rings. The third kappa shape index (κ3) is 2.59. The van der Waals surface area contributed by atoms with Gasteiger partial charge < -0.3 is 16.2 Å². The van der Waals surface area contributed by atoms with Crippen molar-refractivity contribution in [2.24, 2.45) is 5.73 Å². The highest BCUT2D eigenvalue weighted by atomic mass is 16.4. The van der Waals surface area contributed by atoms with Gasteiger partial charge in [0.1, 0.15) is 6.04 Å². The predicted octanol–water partition coefficient (Wildman–Crippen LogP) is 0.976. The Morgan fingerprint density at radius 3 is 2.44 bits per heavy atom. The lowest BCUT2D eigenvalue weighted by atomic mass is 9.97. The van der Waals surface area contributed by atoms with E-state index in [1.807, 2.05) is 32.0 Å². The van der Waals surface area contributed by atoms with Gasteiger partial charge in [-0.25, -0.2) is 0 Å². The van der Waals surface area contributed by atoms with Gasteiger partial charge in [0, 0.05) is 0 Å². The molecule has 4 nitrogen and oxygen atoms in total. The highest BCUT2D eigenvalue weighted by molar-refractivity contribution is 5.74. The van der Waals surface area contributed by atoms with Crippen LogP contribution in [-0.2, 0) is 4.79 Å². The Labute approximate surface area is 95.5 Å². The molecule has 0 bridgehead atoms. The summed E-state index contributed by atoms with van der Waals surface area (Å²) < 4.78 is 0. The van der Waals surface area contributed by atoms with Crippen LogP contribution in [0.2, 0.25) is 0 Å². The molecule has 1 aromatic carbocycles. The fraction of sp³-hybridized carbons (Fsp3) is 0.417. The van der Waals surface area contributed by atoms with E-state index >= 15 is 0 Å². The third-order valence-corrected chi connectivity index (χ3v) is 2.85. The van der Waals surface area contributed by atoms with Gasteiger partial charge in [0.15, 0.2) is 0 Å². The van der Waals surface area contributed by atoms with Crippen LogP contribution in [0.15, 0.2) is 18.2 Å². The van der Waals surface area contributed by atoms with Crippen molar-refractivity contribution in [3.63, 3.8) is 0 Å². The molecule has 0 spiro atoms. The first kappa shape index (κ1) is 12.7. The lowest BCUT2D eigenvalue weighted by Gasteiger charge is -2.20. The van der Waals surface area contributed by atoms with Gasteiger partial charge in [-0.2, -0.15) is 0 Å². The maximum atomic E-state index is 11.0. The highest BCUT2D eigenvalue weighted by Gasteiger charge is 2.24. The van der Waals surface area contributed by atoms with Gasteiger partial charge in [0.25, 0.3) is 0 Å². The largest absolute Gasteiger partial charge is 0.480 e. The van der Waals surface area contributed by atoms with Gasteiger partial charge in [0.2, 0.25) is 0 Å². The van der Waals surface area contributed by atoms with E-state index in [9.17, 15) is 4.79 Å². The van der Waals surface area contributed by atoms with Crippen LogP contribution in [-0.4, -0.2) is 24.2 Å². The number of nitrogens with two attached hydrogens (primary N) is 1. The molecule has 0 saturated heterocycles. The summed E-state index contributed by atoms with van der Waals surface area (Å²) in [5, 5.41) is 11.7. The Kier molecular flexibility index (Phi) is 4.04. The molecule has 0 aromatic heterocycles. The second-order valence-electron chi connectivity index (χ2n) is 3.97. The molecule has 0 aliphatic carbocycles. The average Bonchev–Trinajstić information content (AvgIpc) is 2.22. The van der Waals surface area contributed by atoms with Crippen molar-refractivity contribution < 1.29 is 9.90 Å². The van der Waals surface area contributed by atoms with Crippen molar-refractivity contribution in [2.75, 3.05) is 7.05 Å². The zero-order valence-corrected chi connectivity index (χ0v) is 9.82. The number of aryl methyl sites for hydroxylation is 2. The number of rotatable bonds is 4. The summed E-state index contributed by atoms with van der Waals surface area (Å²) in [6, 6.07) is 4.47. The number of carboxylic acids is 1. The predicted molar refractivity (Wildman–Crippen MR) is 63.3 cm³/mol. The van der Waals surface area contributed by atoms with Crippen LogP contribution in [0.4, 0.5) is 0 Å². The SMILES string of the molecule is CNC(C(=O)O)C(N)c1ccc(C)c(C)c1. The van der Waals surface area contributed by atoms with Crippen LogP contribution in [0.1, 0.15) is 22.7 Å². The van der Waals surface area contributed by atoms with E-state index in [0.717, 1.165) is 11.1 Å². The van der Waals surface area contributed by atoms with Gasteiger partial charge in [-0.1, -0.05) is 18.2 Å². The van der Waals surface area contributed by atoms with Crippen molar-refractivity contribution in [3.8, 4) is 0 Å². The number of hydrogen-bond acceptors (Lipinski definition) is 3. The van der Waals surface area contributed by atoms with Gasteiger partial charge in [-0.05, 0) is 37.6 Å². The van der Waals surface area contributed by atoms with Gasteiger partial charge in [-0.15, -0.1) is 0 Å². The molecule has 0 heterocycles. The quantitative estimate of drug-likeness (QED) is 0.709. The van der Waals surface area contributed by atoms with E-state index in [4.69, 9.17) is 10.8 Å². The summed E-state index contributed by atoms with van der Waals surface area (Å²) >= 11 is 0. The van der Waals surface area contributed by atoms with Crippen LogP contribution < -0.4 is 11.1 Å². The molecule has 0 aliphatic rings. The van der Waals surface area contributed by atoms with Crippen molar-refractivity contribution in [3.05, 3.63) is 34.9 Å². The first-order valence-corrected chi connectivity index (χ1v) is 5.20. The number of aliphatic carboxylic acids is 1.